The van der Waals surface area contributed by atoms with Crippen LogP contribution < -0.4 is 15.5 Å². The van der Waals surface area contributed by atoms with E-state index < -0.39 is 0 Å². The number of rotatable bonds is 6. The van der Waals surface area contributed by atoms with Crippen molar-refractivity contribution in [3.8, 4) is 0 Å². The Labute approximate surface area is 202 Å². The van der Waals surface area contributed by atoms with Crippen LogP contribution in [0.5, 0.6) is 0 Å². The first-order valence-electron chi connectivity index (χ1n) is 12.5. The second-order valence-electron chi connectivity index (χ2n) is 9.62. The number of hydrogen-bond donors (Lipinski definition) is 2. The second-order valence-corrected chi connectivity index (χ2v) is 9.62. The largest absolute Gasteiger partial charge is 0.466 e. The molecule has 1 aromatic heterocycles. The lowest BCUT2D eigenvalue weighted by atomic mass is 9.82. The summed E-state index contributed by atoms with van der Waals surface area (Å²) in [7, 11) is 2.15. The van der Waals surface area contributed by atoms with E-state index in [1.54, 1.807) is 0 Å². The first-order valence-corrected chi connectivity index (χ1v) is 12.5. The van der Waals surface area contributed by atoms with Crippen molar-refractivity contribution >= 4 is 34.4 Å². The van der Waals surface area contributed by atoms with Gasteiger partial charge in [-0.15, -0.1) is 0 Å². The first kappa shape index (κ1) is 24.3. The first-order chi connectivity index (χ1) is 16.4. The molecule has 8 nitrogen and oxygen atoms in total. The van der Waals surface area contributed by atoms with Gasteiger partial charge in [0, 0.05) is 43.8 Å². The SMILES string of the molecule is CCOC(=O)C1CCC(CNC(=O)Nc2ccc3nc(N4CCN(C)CC4)cc(C)c3c2)CC1. The molecule has 2 amide bonds. The van der Waals surface area contributed by atoms with Crippen LogP contribution in [0.2, 0.25) is 0 Å². The molecule has 34 heavy (non-hydrogen) atoms. The number of piperazine rings is 1. The van der Waals surface area contributed by atoms with E-state index in [4.69, 9.17) is 9.72 Å². The number of esters is 1. The quantitative estimate of drug-likeness (QED) is 0.629. The zero-order chi connectivity index (χ0) is 24.1. The Balaban J connectivity index is 1.30. The number of aromatic nitrogens is 1. The van der Waals surface area contributed by atoms with Crippen LogP contribution in [0.3, 0.4) is 0 Å². The van der Waals surface area contributed by atoms with Gasteiger partial charge in [-0.25, -0.2) is 9.78 Å². The van der Waals surface area contributed by atoms with Crippen molar-refractivity contribution < 1.29 is 14.3 Å². The van der Waals surface area contributed by atoms with Crippen LogP contribution in [0.15, 0.2) is 24.3 Å². The number of nitrogens with zero attached hydrogens (tertiary/aromatic N) is 3. The molecule has 2 heterocycles. The Kier molecular flexibility index (Phi) is 7.88. The summed E-state index contributed by atoms with van der Waals surface area (Å²) in [4.78, 5) is 33.9. The van der Waals surface area contributed by atoms with E-state index in [9.17, 15) is 9.59 Å². The molecule has 184 valence electrons. The van der Waals surface area contributed by atoms with Crippen LogP contribution in [0.25, 0.3) is 10.9 Å². The fourth-order valence-corrected chi connectivity index (χ4v) is 4.93. The highest BCUT2D eigenvalue weighted by atomic mass is 16.5. The van der Waals surface area contributed by atoms with Gasteiger partial charge in [-0.1, -0.05) is 0 Å². The van der Waals surface area contributed by atoms with Crippen molar-refractivity contribution in [3.05, 3.63) is 29.8 Å². The zero-order valence-corrected chi connectivity index (χ0v) is 20.6. The smallest absolute Gasteiger partial charge is 0.319 e. The topological polar surface area (TPSA) is 86.8 Å². The molecule has 0 bridgehead atoms. The van der Waals surface area contributed by atoms with E-state index in [0.717, 1.165) is 79.8 Å². The third-order valence-corrected chi connectivity index (χ3v) is 7.11. The highest BCUT2D eigenvalue weighted by Crippen LogP contribution is 2.29. The lowest BCUT2D eigenvalue weighted by Gasteiger charge is -2.33. The lowest BCUT2D eigenvalue weighted by Crippen LogP contribution is -2.44. The van der Waals surface area contributed by atoms with Gasteiger partial charge in [-0.05, 0) is 82.3 Å². The van der Waals surface area contributed by atoms with Gasteiger partial charge in [0.15, 0.2) is 0 Å². The molecular weight excluding hydrogens is 430 g/mol. The van der Waals surface area contributed by atoms with Crippen molar-refractivity contribution in [2.24, 2.45) is 11.8 Å². The van der Waals surface area contributed by atoms with Gasteiger partial charge in [-0.3, -0.25) is 4.79 Å². The summed E-state index contributed by atoms with van der Waals surface area (Å²) >= 11 is 0. The molecule has 2 aromatic rings. The van der Waals surface area contributed by atoms with E-state index >= 15 is 0 Å². The minimum atomic E-state index is -0.202. The number of amides is 2. The number of carbonyl (C=O) groups is 2. The van der Waals surface area contributed by atoms with E-state index in [-0.39, 0.29) is 17.9 Å². The molecule has 2 N–H and O–H groups in total. The number of hydrogen-bond acceptors (Lipinski definition) is 6. The van der Waals surface area contributed by atoms with Gasteiger partial charge < -0.3 is 25.2 Å². The summed E-state index contributed by atoms with van der Waals surface area (Å²) in [6, 6.07) is 7.83. The van der Waals surface area contributed by atoms with Gasteiger partial charge in [0.05, 0.1) is 18.0 Å². The van der Waals surface area contributed by atoms with Gasteiger partial charge in [-0.2, -0.15) is 0 Å². The van der Waals surface area contributed by atoms with Crippen molar-refractivity contribution in [1.29, 1.82) is 0 Å². The van der Waals surface area contributed by atoms with Gasteiger partial charge in [0.25, 0.3) is 0 Å². The molecule has 0 radical (unpaired) electrons. The number of aryl methyl sites for hydroxylation is 1. The molecule has 0 atom stereocenters. The molecule has 1 saturated heterocycles. The monoisotopic (exact) mass is 467 g/mol. The fourth-order valence-electron chi connectivity index (χ4n) is 4.93. The van der Waals surface area contributed by atoms with Crippen molar-refractivity contribution in [2.75, 3.05) is 56.6 Å². The third kappa shape index (κ3) is 5.97. The maximum atomic E-state index is 12.5. The molecule has 2 fully saturated rings. The number of nitrogens with one attached hydrogen (secondary N) is 2. The number of ether oxygens (including phenoxy) is 1. The van der Waals surface area contributed by atoms with Crippen LogP contribution in [-0.4, -0.2) is 68.3 Å². The Hall–Kier alpha value is -2.87. The number of urea groups is 1. The van der Waals surface area contributed by atoms with E-state index in [1.165, 1.54) is 0 Å². The molecule has 2 aliphatic rings. The summed E-state index contributed by atoms with van der Waals surface area (Å²) < 4.78 is 5.13. The normalized spacial score (nSPS) is 21.3. The van der Waals surface area contributed by atoms with Crippen molar-refractivity contribution in [1.82, 2.24) is 15.2 Å². The standard InChI is InChI=1S/C26H37N5O3/c1-4-34-25(32)20-7-5-19(6-8-20)17-27-26(33)28-21-9-10-23-22(16-21)18(2)15-24(29-23)31-13-11-30(3)12-14-31/h9-10,15-16,19-20H,4-8,11-14,17H2,1-3H3,(H2,27,28,33). The number of anilines is 2. The van der Waals surface area contributed by atoms with E-state index in [1.807, 2.05) is 25.1 Å². The van der Waals surface area contributed by atoms with Crippen molar-refractivity contribution in [2.45, 2.75) is 39.5 Å². The summed E-state index contributed by atoms with van der Waals surface area (Å²) in [5.41, 5.74) is 2.85. The number of fused-ring (bicyclic) bond motifs is 1. The number of benzene rings is 1. The molecule has 1 saturated carbocycles. The number of pyridine rings is 1. The highest BCUT2D eigenvalue weighted by molar-refractivity contribution is 5.94. The maximum absolute atomic E-state index is 12.5. The highest BCUT2D eigenvalue weighted by Gasteiger charge is 2.27. The Morgan fingerprint density at radius 3 is 2.53 bits per heavy atom. The van der Waals surface area contributed by atoms with Crippen molar-refractivity contribution in [3.63, 3.8) is 0 Å². The summed E-state index contributed by atoms with van der Waals surface area (Å²) in [5, 5.41) is 7.00. The molecular formula is C26H37N5O3. The van der Waals surface area contributed by atoms with Crippen LogP contribution in [-0.2, 0) is 9.53 Å². The van der Waals surface area contributed by atoms with Crippen LogP contribution in [0, 0.1) is 18.8 Å². The number of likely N-dealkylation sites (N-methyl/N-ethyl adjacent to an activating group) is 1. The van der Waals surface area contributed by atoms with Gasteiger partial charge >= 0.3 is 12.0 Å². The van der Waals surface area contributed by atoms with Gasteiger partial charge in [0.1, 0.15) is 5.82 Å². The zero-order valence-electron chi connectivity index (χ0n) is 20.6. The maximum Gasteiger partial charge on any atom is 0.319 e. The Bertz CT molecular complexity index is 1010. The van der Waals surface area contributed by atoms with E-state index in [0.29, 0.717) is 19.1 Å². The molecule has 4 rings (SSSR count). The number of carbonyl (C=O) groups excluding carboxylic acids is 2. The predicted molar refractivity (Wildman–Crippen MR) is 135 cm³/mol. The van der Waals surface area contributed by atoms with Crippen LogP contribution in [0.4, 0.5) is 16.3 Å². The molecule has 1 aromatic carbocycles. The molecule has 1 aliphatic heterocycles. The lowest BCUT2D eigenvalue weighted by molar-refractivity contribution is -0.149. The fraction of sp³-hybridized carbons (Fsp3) is 0.577. The molecule has 0 unspecified atom stereocenters. The molecule has 1 aliphatic carbocycles. The minimum absolute atomic E-state index is 0.0104. The molecule has 8 heteroatoms. The summed E-state index contributed by atoms with van der Waals surface area (Å²) in [6.07, 6.45) is 3.53. The van der Waals surface area contributed by atoms with Crippen LogP contribution >= 0.6 is 0 Å². The van der Waals surface area contributed by atoms with Gasteiger partial charge in [0.2, 0.25) is 0 Å². The second kappa shape index (κ2) is 11.0. The summed E-state index contributed by atoms with van der Waals surface area (Å²) in [5.74, 6) is 1.35. The predicted octanol–water partition coefficient (Wildman–Crippen LogP) is 3.79. The average molecular weight is 468 g/mol. The van der Waals surface area contributed by atoms with E-state index in [2.05, 4.69) is 40.5 Å². The Morgan fingerprint density at radius 2 is 1.82 bits per heavy atom. The van der Waals surface area contributed by atoms with Crippen LogP contribution in [0.1, 0.15) is 38.2 Å². The molecule has 0 spiro atoms. The minimum Gasteiger partial charge on any atom is -0.466 e. The average Bonchev–Trinajstić information content (AvgIpc) is 2.84. The summed E-state index contributed by atoms with van der Waals surface area (Å²) in [6.45, 7) is 9.04. The third-order valence-electron chi connectivity index (χ3n) is 7.11. The Morgan fingerprint density at radius 1 is 1.09 bits per heavy atom.